The monoisotopic (exact) mass is 300 g/mol. The summed E-state index contributed by atoms with van der Waals surface area (Å²) in [4.78, 5) is 14.3. The number of fused-ring (bicyclic) bond motifs is 1. The molecule has 0 saturated carbocycles. The van der Waals surface area contributed by atoms with Crippen molar-refractivity contribution in [1.29, 1.82) is 0 Å². The molecule has 2 aromatic rings. The van der Waals surface area contributed by atoms with E-state index in [4.69, 9.17) is 11.6 Å². The Balaban J connectivity index is 1.54. The summed E-state index contributed by atoms with van der Waals surface area (Å²) in [6.45, 7) is 1.74. The quantitative estimate of drug-likeness (QED) is 0.933. The molecular weight excluding hydrogens is 284 g/mol. The van der Waals surface area contributed by atoms with E-state index in [0.29, 0.717) is 11.4 Å². The zero-order valence-corrected chi connectivity index (χ0v) is 12.4. The van der Waals surface area contributed by atoms with Crippen LogP contribution in [0.2, 0.25) is 5.02 Å². The number of halogens is 1. The molecule has 0 fully saturated rings. The SMILES string of the molecule is O=C(CCN1CCc2ccccc21)Nc1ccc(Cl)cc1. The molecule has 0 spiro atoms. The van der Waals surface area contributed by atoms with Crippen molar-refractivity contribution in [2.24, 2.45) is 0 Å². The lowest BCUT2D eigenvalue weighted by Crippen LogP contribution is -2.26. The van der Waals surface area contributed by atoms with Crippen LogP contribution in [0.3, 0.4) is 0 Å². The molecule has 1 aliphatic rings. The summed E-state index contributed by atoms with van der Waals surface area (Å²) in [6.07, 6.45) is 1.55. The number of benzene rings is 2. The molecule has 2 aromatic carbocycles. The van der Waals surface area contributed by atoms with E-state index in [2.05, 4.69) is 28.4 Å². The molecule has 3 nitrogen and oxygen atoms in total. The van der Waals surface area contributed by atoms with Crippen LogP contribution < -0.4 is 10.2 Å². The Morgan fingerprint density at radius 2 is 1.90 bits per heavy atom. The van der Waals surface area contributed by atoms with E-state index in [-0.39, 0.29) is 5.91 Å². The number of para-hydroxylation sites is 1. The first kappa shape index (κ1) is 14.0. The van der Waals surface area contributed by atoms with Gasteiger partial charge in [0.05, 0.1) is 0 Å². The first-order chi connectivity index (χ1) is 10.2. The molecule has 0 atom stereocenters. The Bertz CT molecular complexity index is 639. The second-order valence-electron chi connectivity index (χ2n) is 5.17. The Morgan fingerprint density at radius 3 is 2.71 bits per heavy atom. The minimum Gasteiger partial charge on any atom is -0.370 e. The molecule has 1 aliphatic heterocycles. The van der Waals surface area contributed by atoms with Gasteiger partial charge in [-0.3, -0.25) is 4.79 Å². The summed E-state index contributed by atoms with van der Waals surface area (Å²) in [5, 5.41) is 3.56. The molecule has 1 heterocycles. The zero-order chi connectivity index (χ0) is 14.7. The van der Waals surface area contributed by atoms with Gasteiger partial charge in [0.15, 0.2) is 0 Å². The van der Waals surface area contributed by atoms with Crippen molar-refractivity contribution in [2.75, 3.05) is 23.3 Å². The topological polar surface area (TPSA) is 32.3 Å². The predicted octanol–water partition coefficient (Wildman–Crippen LogP) is 3.73. The maximum Gasteiger partial charge on any atom is 0.226 e. The van der Waals surface area contributed by atoms with Crippen LogP contribution in [-0.4, -0.2) is 19.0 Å². The van der Waals surface area contributed by atoms with Crippen LogP contribution in [0.1, 0.15) is 12.0 Å². The Hall–Kier alpha value is -2.00. The predicted molar refractivity (Wildman–Crippen MR) is 87.1 cm³/mol. The molecule has 21 heavy (non-hydrogen) atoms. The third-order valence-electron chi connectivity index (χ3n) is 3.72. The standard InChI is InChI=1S/C17H17ClN2O/c18-14-5-7-15(8-6-14)19-17(21)10-12-20-11-9-13-3-1-2-4-16(13)20/h1-8H,9-12H2,(H,19,21). The number of carbonyl (C=O) groups is 1. The molecule has 4 heteroatoms. The fraction of sp³-hybridized carbons (Fsp3) is 0.235. The van der Waals surface area contributed by atoms with Gasteiger partial charge in [-0.15, -0.1) is 0 Å². The molecule has 108 valence electrons. The van der Waals surface area contributed by atoms with E-state index in [9.17, 15) is 4.79 Å². The zero-order valence-electron chi connectivity index (χ0n) is 11.7. The lowest BCUT2D eigenvalue weighted by atomic mass is 10.2. The molecule has 0 saturated heterocycles. The lowest BCUT2D eigenvalue weighted by Gasteiger charge is -2.18. The maximum absolute atomic E-state index is 12.0. The van der Waals surface area contributed by atoms with Crippen molar-refractivity contribution >= 4 is 28.9 Å². The van der Waals surface area contributed by atoms with Gasteiger partial charge in [-0.1, -0.05) is 29.8 Å². The summed E-state index contributed by atoms with van der Waals surface area (Å²) >= 11 is 5.82. The van der Waals surface area contributed by atoms with Gasteiger partial charge in [-0.05, 0) is 42.3 Å². The Morgan fingerprint density at radius 1 is 1.14 bits per heavy atom. The fourth-order valence-electron chi connectivity index (χ4n) is 2.63. The number of amides is 1. The number of nitrogens with one attached hydrogen (secondary N) is 1. The molecule has 0 radical (unpaired) electrons. The smallest absolute Gasteiger partial charge is 0.226 e. The van der Waals surface area contributed by atoms with Crippen LogP contribution >= 0.6 is 11.6 Å². The van der Waals surface area contributed by atoms with E-state index in [1.54, 1.807) is 12.1 Å². The van der Waals surface area contributed by atoms with Gasteiger partial charge in [-0.2, -0.15) is 0 Å². The minimum absolute atomic E-state index is 0.0294. The van der Waals surface area contributed by atoms with E-state index in [1.807, 2.05) is 18.2 Å². The van der Waals surface area contributed by atoms with E-state index in [1.165, 1.54) is 11.3 Å². The van der Waals surface area contributed by atoms with Gasteiger partial charge in [0, 0.05) is 35.9 Å². The molecular formula is C17H17ClN2O. The van der Waals surface area contributed by atoms with Crippen molar-refractivity contribution < 1.29 is 4.79 Å². The van der Waals surface area contributed by atoms with Gasteiger partial charge >= 0.3 is 0 Å². The minimum atomic E-state index is 0.0294. The van der Waals surface area contributed by atoms with Crippen molar-refractivity contribution in [2.45, 2.75) is 12.8 Å². The first-order valence-corrected chi connectivity index (χ1v) is 7.48. The third-order valence-corrected chi connectivity index (χ3v) is 3.97. The van der Waals surface area contributed by atoms with Crippen molar-refractivity contribution in [3.05, 3.63) is 59.1 Å². The Labute approximate surface area is 129 Å². The van der Waals surface area contributed by atoms with Gasteiger partial charge in [0.25, 0.3) is 0 Å². The fourth-order valence-corrected chi connectivity index (χ4v) is 2.76. The number of hydrogen-bond donors (Lipinski definition) is 1. The van der Waals surface area contributed by atoms with Crippen LogP contribution in [0.5, 0.6) is 0 Å². The van der Waals surface area contributed by atoms with E-state index in [0.717, 1.165) is 25.2 Å². The second kappa shape index (κ2) is 6.19. The summed E-state index contributed by atoms with van der Waals surface area (Å²) < 4.78 is 0. The van der Waals surface area contributed by atoms with Gasteiger partial charge in [0.1, 0.15) is 0 Å². The van der Waals surface area contributed by atoms with Crippen molar-refractivity contribution in [1.82, 2.24) is 0 Å². The average Bonchev–Trinajstić information content (AvgIpc) is 2.91. The number of hydrogen-bond acceptors (Lipinski definition) is 2. The van der Waals surface area contributed by atoms with Crippen LogP contribution in [-0.2, 0) is 11.2 Å². The van der Waals surface area contributed by atoms with E-state index < -0.39 is 0 Å². The second-order valence-corrected chi connectivity index (χ2v) is 5.61. The normalized spacial score (nSPS) is 13.1. The average molecular weight is 301 g/mol. The maximum atomic E-state index is 12.0. The number of carbonyl (C=O) groups excluding carboxylic acids is 1. The molecule has 0 unspecified atom stereocenters. The largest absolute Gasteiger partial charge is 0.370 e. The Kier molecular flexibility index (Phi) is 4.11. The summed E-state index contributed by atoms with van der Waals surface area (Å²) in [6, 6.07) is 15.6. The van der Waals surface area contributed by atoms with Gasteiger partial charge in [0.2, 0.25) is 5.91 Å². The lowest BCUT2D eigenvalue weighted by molar-refractivity contribution is -0.116. The highest BCUT2D eigenvalue weighted by Gasteiger charge is 2.18. The highest BCUT2D eigenvalue weighted by atomic mass is 35.5. The molecule has 1 N–H and O–H groups in total. The molecule has 3 rings (SSSR count). The van der Waals surface area contributed by atoms with Gasteiger partial charge in [-0.25, -0.2) is 0 Å². The van der Waals surface area contributed by atoms with Gasteiger partial charge < -0.3 is 10.2 Å². The molecule has 0 aliphatic carbocycles. The van der Waals surface area contributed by atoms with Crippen LogP contribution in [0.4, 0.5) is 11.4 Å². The molecule has 0 bridgehead atoms. The number of anilines is 2. The summed E-state index contributed by atoms with van der Waals surface area (Å²) in [7, 11) is 0. The van der Waals surface area contributed by atoms with Crippen molar-refractivity contribution in [3.63, 3.8) is 0 Å². The van der Waals surface area contributed by atoms with Crippen LogP contribution in [0.25, 0.3) is 0 Å². The van der Waals surface area contributed by atoms with Crippen LogP contribution in [0.15, 0.2) is 48.5 Å². The third kappa shape index (κ3) is 3.37. The summed E-state index contributed by atoms with van der Waals surface area (Å²) in [5.74, 6) is 0.0294. The van der Waals surface area contributed by atoms with Crippen molar-refractivity contribution in [3.8, 4) is 0 Å². The van der Waals surface area contributed by atoms with Crippen LogP contribution in [0, 0.1) is 0 Å². The molecule has 0 aromatic heterocycles. The highest BCUT2D eigenvalue weighted by Crippen LogP contribution is 2.27. The first-order valence-electron chi connectivity index (χ1n) is 7.10. The highest BCUT2D eigenvalue weighted by molar-refractivity contribution is 6.30. The number of rotatable bonds is 4. The molecule has 1 amide bonds. The summed E-state index contributed by atoms with van der Waals surface area (Å²) in [5.41, 5.74) is 3.42. The van der Waals surface area contributed by atoms with E-state index >= 15 is 0 Å². The number of nitrogens with zero attached hydrogens (tertiary/aromatic N) is 1.